The van der Waals surface area contributed by atoms with Gasteiger partial charge in [0.2, 0.25) is 0 Å². The molecule has 3 unspecified atom stereocenters. The van der Waals surface area contributed by atoms with Crippen molar-refractivity contribution in [1.82, 2.24) is 0 Å². The fourth-order valence-corrected chi connectivity index (χ4v) is 4.12. The number of carbonyl (C=O) groups is 3. The quantitative estimate of drug-likeness (QED) is 0.0903. The van der Waals surface area contributed by atoms with E-state index in [-0.39, 0.29) is 61.2 Å². The number of benzene rings is 3. The van der Waals surface area contributed by atoms with Crippen molar-refractivity contribution in [3.8, 4) is 0 Å². The maximum Gasteiger partial charge on any atom is 3.00 e. The minimum Gasteiger partial charge on any atom is -0.550 e. The maximum atomic E-state index is 10.2. The van der Waals surface area contributed by atoms with Crippen LogP contribution in [0.15, 0.2) is 91.0 Å². The Morgan fingerprint density at radius 2 is 0.696 bits per heavy atom. The number of hydrogen-bond donors (Lipinski definition) is 7. The minimum atomic E-state index is -1.11. The van der Waals surface area contributed by atoms with Crippen molar-refractivity contribution in [1.29, 1.82) is 0 Å². The van der Waals surface area contributed by atoms with Crippen molar-refractivity contribution in [3.05, 3.63) is 108 Å². The van der Waals surface area contributed by atoms with Crippen LogP contribution in [0.1, 0.15) is 51.7 Å². The van der Waals surface area contributed by atoms with Crippen LogP contribution in [-0.2, 0) is 14.4 Å². The van der Waals surface area contributed by atoms with Crippen molar-refractivity contribution in [3.63, 3.8) is 0 Å². The first-order valence-corrected chi connectivity index (χ1v) is 15.1. The number of rotatable bonds is 13. The van der Waals surface area contributed by atoms with E-state index in [2.05, 4.69) is 37.9 Å². The number of carbonyl (C=O) groups excluding carboxylic acids is 3. The third kappa shape index (κ3) is 20.9. The molecule has 0 saturated heterocycles. The second kappa shape index (κ2) is 26.9. The van der Waals surface area contributed by atoms with Crippen molar-refractivity contribution in [2.24, 2.45) is 5.41 Å². The van der Waals surface area contributed by atoms with Crippen molar-refractivity contribution < 1.29 is 50.1 Å². The zero-order valence-electron chi connectivity index (χ0n) is 24.9. The summed E-state index contributed by atoms with van der Waals surface area (Å²) in [6.45, 7) is -1.62. The minimum absolute atomic E-state index is 0. The molecule has 14 heteroatoms. The third-order valence-electron chi connectivity index (χ3n) is 5.97. The fourth-order valence-electron chi connectivity index (χ4n) is 3.15. The van der Waals surface area contributed by atoms with E-state index in [1.165, 1.54) is 0 Å². The first-order valence-electron chi connectivity index (χ1n) is 13.6. The predicted octanol–water partition coefficient (Wildman–Crippen LogP) is -0.0463. The van der Waals surface area contributed by atoms with Gasteiger partial charge in [-0.2, -0.15) is 37.9 Å². The van der Waals surface area contributed by atoms with Crippen molar-refractivity contribution in [2.75, 3.05) is 26.4 Å². The van der Waals surface area contributed by atoms with Gasteiger partial charge in [-0.3, -0.25) is 0 Å². The molecule has 0 amide bonds. The standard InChI is InChI=1S/3C9H10O2S.C5H12O4.Bi/c3*10-9(11)6-8(12)7-4-2-1-3-5-7;6-1-5(2-7,3-8)4-9;/h3*1-5,8,12H,6H2,(H,10,11);6-9H,1-4H2;/q;;;;+3/p-3. The molecular formula is C32H39BiO10S3. The number of aliphatic hydroxyl groups excluding tert-OH is 4. The molecule has 2 radical (unpaired) electrons. The number of thiol groups is 3. The number of carboxylic acids is 3. The monoisotopic (exact) mass is 888 g/mol. The molecule has 0 bridgehead atoms. The molecule has 3 atom stereocenters. The van der Waals surface area contributed by atoms with E-state index in [4.69, 9.17) is 20.4 Å². The normalized spacial score (nSPS) is 12.1. The van der Waals surface area contributed by atoms with Gasteiger partial charge >= 0.3 is 26.2 Å². The van der Waals surface area contributed by atoms with Gasteiger partial charge in [-0.05, 0) is 16.7 Å². The van der Waals surface area contributed by atoms with Crippen molar-refractivity contribution in [2.45, 2.75) is 35.0 Å². The van der Waals surface area contributed by atoms with Gasteiger partial charge in [-0.15, -0.1) is 0 Å². The summed E-state index contributed by atoms with van der Waals surface area (Å²) in [6, 6.07) is 27.9. The average Bonchev–Trinajstić information content (AvgIpc) is 3.04. The zero-order valence-corrected chi connectivity index (χ0v) is 31.0. The van der Waals surface area contributed by atoms with Gasteiger partial charge in [0.25, 0.3) is 0 Å². The maximum absolute atomic E-state index is 10.2. The fraction of sp³-hybridized carbons (Fsp3) is 0.344. The first kappa shape index (κ1) is 46.0. The first-order chi connectivity index (χ1) is 21.3. The molecule has 46 heavy (non-hydrogen) atoms. The van der Waals surface area contributed by atoms with Crippen LogP contribution < -0.4 is 15.3 Å². The van der Waals surface area contributed by atoms with E-state index in [1.54, 1.807) is 0 Å². The van der Waals surface area contributed by atoms with Crippen LogP contribution in [0.2, 0.25) is 0 Å². The zero-order chi connectivity index (χ0) is 34.3. The van der Waals surface area contributed by atoms with Gasteiger partial charge in [0.05, 0.1) is 31.8 Å². The molecule has 0 heterocycles. The molecule has 4 N–H and O–H groups in total. The molecule has 0 aromatic heterocycles. The second-order valence-electron chi connectivity index (χ2n) is 9.64. The summed E-state index contributed by atoms with van der Waals surface area (Å²) in [5.74, 6) is -3.21. The van der Waals surface area contributed by atoms with Crippen LogP contribution in [-0.4, -0.2) is 91.0 Å². The molecule has 0 saturated carbocycles. The molecular weight excluding hydrogens is 850 g/mol. The molecule has 10 nitrogen and oxygen atoms in total. The summed E-state index contributed by atoms with van der Waals surface area (Å²) in [7, 11) is 0. The molecule has 0 fully saturated rings. The van der Waals surface area contributed by atoms with Gasteiger partial charge in [-0.1, -0.05) is 91.0 Å². The summed E-state index contributed by atoms with van der Waals surface area (Å²) in [6.07, 6.45) is -0.145. The van der Waals surface area contributed by atoms with Crippen LogP contribution in [0.25, 0.3) is 0 Å². The van der Waals surface area contributed by atoms with E-state index in [9.17, 15) is 29.7 Å². The summed E-state index contributed by atoms with van der Waals surface area (Å²) in [5, 5.41) is 63.9. The Labute approximate surface area is 304 Å². The van der Waals surface area contributed by atoms with Gasteiger partial charge in [-0.25, -0.2) is 0 Å². The van der Waals surface area contributed by atoms with E-state index in [0.717, 1.165) is 16.7 Å². The Kier molecular flexibility index (Phi) is 26.8. The molecule has 0 aliphatic rings. The SMILES string of the molecule is O=C([O-])CC(S)c1ccccc1.O=C([O-])CC(S)c1ccccc1.O=C([O-])CC(S)c1ccccc1.OCC(CO)(CO)CO.[Bi+3]. The van der Waals surface area contributed by atoms with E-state index < -0.39 is 49.8 Å². The summed E-state index contributed by atoms with van der Waals surface area (Å²) in [4.78, 5) is 30.7. The topological polar surface area (TPSA) is 201 Å². The second-order valence-corrected chi connectivity index (χ2v) is 11.5. The number of aliphatic hydroxyl groups is 4. The Morgan fingerprint density at radius 1 is 0.500 bits per heavy atom. The van der Waals surface area contributed by atoms with E-state index in [1.807, 2.05) is 91.0 Å². The summed E-state index contributed by atoms with van der Waals surface area (Å²) < 4.78 is 0. The van der Waals surface area contributed by atoms with Crippen LogP contribution in [0.5, 0.6) is 0 Å². The van der Waals surface area contributed by atoms with Gasteiger partial charge in [0, 0.05) is 52.9 Å². The Bertz CT molecular complexity index is 1070. The van der Waals surface area contributed by atoms with Crippen LogP contribution in [0.4, 0.5) is 0 Å². The third-order valence-corrected chi connectivity index (χ3v) is 7.42. The largest absolute Gasteiger partial charge is 3.00 e. The number of carboxylic acid groups (broad SMARTS) is 3. The molecule has 3 aromatic rings. The summed E-state index contributed by atoms with van der Waals surface area (Å²) >= 11 is 12.4. The average molecular weight is 889 g/mol. The van der Waals surface area contributed by atoms with E-state index >= 15 is 0 Å². The van der Waals surface area contributed by atoms with Crippen LogP contribution >= 0.6 is 37.9 Å². The Morgan fingerprint density at radius 3 is 0.826 bits per heavy atom. The Balaban J connectivity index is 0. The van der Waals surface area contributed by atoms with Crippen LogP contribution in [0, 0.1) is 5.41 Å². The molecule has 3 rings (SSSR count). The summed E-state index contributed by atoms with van der Waals surface area (Å²) in [5.41, 5.74) is 1.61. The molecule has 0 aliphatic heterocycles. The molecule has 3 aromatic carbocycles. The van der Waals surface area contributed by atoms with Gasteiger partial charge < -0.3 is 50.1 Å². The Hall–Kier alpha value is -2.16. The predicted molar refractivity (Wildman–Crippen MR) is 180 cm³/mol. The van der Waals surface area contributed by atoms with E-state index in [0.29, 0.717) is 0 Å². The van der Waals surface area contributed by atoms with Gasteiger partial charge in [0.1, 0.15) is 0 Å². The molecule has 250 valence electrons. The van der Waals surface area contributed by atoms with Gasteiger partial charge in [0.15, 0.2) is 0 Å². The van der Waals surface area contributed by atoms with Crippen molar-refractivity contribution >= 4 is 82.0 Å². The molecule has 0 spiro atoms. The smallest absolute Gasteiger partial charge is 0.550 e. The number of aliphatic carboxylic acids is 3. The molecule has 0 aliphatic carbocycles. The van der Waals surface area contributed by atoms with Crippen LogP contribution in [0.3, 0.4) is 0 Å². The number of hydrogen-bond acceptors (Lipinski definition) is 13.